The fourth-order valence-corrected chi connectivity index (χ4v) is 3.57. The van der Waals surface area contributed by atoms with E-state index in [0.29, 0.717) is 11.6 Å². The van der Waals surface area contributed by atoms with Crippen LogP contribution in [0.15, 0.2) is 55.1 Å². The highest BCUT2D eigenvalue weighted by atomic mass is 16.2. The number of pyridine rings is 1. The van der Waals surface area contributed by atoms with Gasteiger partial charge in [-0.1, -0.05) is 12.1 Å². The topological polar surface area (TPSA) is 59.0 Å². The summed E-state index contributed by atoms with van der Waals surface area (Å²) in [4.78, 5) is 27.0. The Bertz CT molecular complexity index is 881. The average Bonchev–Trinajstić information content (AvgIpc) is 2.68. The van der Waals surface area contributed by atoms with Crippen LogP contribution in [0, 0.1) is 5.92 Å². The van der Waals surface area contributed by atoms with Gasteiger partial charge in [0.15, 0.2) is 0 Å². The third kappa shape index (κ3) is 3.50. The summed E-state index contributed by atoms with van der Waals surface area (Å²) in [6.45, 7) is 1.58. The molecule has 0 N–H and O–H groups in total. The van der Waals surface area contributed by atoms with Crippen LogP contribution in [-0.2, 0) is 6.42 Å². The Morgan fingerprint density at radius 3 is 3.00 bits per heavy atom. The summed E-state index contributed by atoms with van der Waals surface area (Å²) < 4.78 is 0. The largest absolute Gasteiger partial charge is 0.337 e. The van der Waals surface area contributed by atoms with E-state index in [1.807, 2.05) is 17.2 Å². The molecule has 2 aromatic heterocycles. The van der Waals surface area contributed by atoms with E-state index in [1.165, 1.54) is 10.9 Å². The molecule has 0 unspecified atom stereocenters. The zero-order chi connectivity index (χ0) is 17.1. The molecule has 1 amide bonds. The fraction of sp³-hybridized carbons (Fsp3) is 0.300. The van der Waals surface area contributed by atoms with Crippen molar-refractivity contribution in [3.8, 4) is 0 Å². The molecular formula is C20H20N4O. The maximum absolute atomic E-state index is 12.6. The lowest BCUT2D eigenvalue weighted by Gasteiger charge is -2.32. The Balaban J connectivity index is 1.46. The molecule has 0 aliphatic carbocycles. The van der Waals surface area contributed by atoms with Crippen molar-refractivity contribution in [1.29, 1.82) is 0 Å². The van der Waals surface area contributed by atoms with Crippen molar-refractivity contribution in [3.63, 3.8) is 0 Å². The lowest BCUT2D eigenvalue weighted by Crippen LogP contribution is -2.40. The second-order valence-electron chi connectivity index (χ2n) is 6.58. The molecule has 0 bridgehead atoms. The molecule has 5 nitrogen and oxygen atoms in total. The molecule has 1 aliphatic heterocycles. The molecule has 0 radical (unpaired) electrons. The predicted molar refractivity (Wildman–Crippen MR) is 96.1 cm³/mol. The Labute approximate surface area is 146 Å². The summed E-state index contributed by atoms with van der Waals surface area (Å²) in [5, 5.41) is 1.17. The quantitative estimate of drug-likeness (QED) is 0.739. The van der Waals surface area contributed by atoms with Gasteiger partial charge in [0.2, 0.25) is 0 Å². The van der Waals surface area contributed by atoms with Crippen molar-refractivity contribution in [2.45, 2.75) is 19.3 Å². The van der Waals surface area contributed by atoms with Gasteiger partial charge in [-0.3, -0.25) is 14.8 Å². The van der Waals surface area contributed by atoms with Gasteiger partial charge in [0.05, 0.1) is 11.7 Å². The maximum atomic E-state index is 12.6. The number of carbonyl (C=O) groups is 1. The van der Waals surface area contributed by atoms with Gasteiger partial charge in [0.1, 0.15) is 5.69 Å². The highest BCUT2D eigenvalue weighted by Gasteiger charge is 2.25. The van der Waals surface area contributed by atoms with Gasteiger partial charge in [-0.2, -0.15) is 0 Å². The number of carbonyl (C=O) groups excluding carboxylic acids is 1. The highest BCUT2D eigenvalue weighted by Crippen LogP contribution is 2.23. The van der Waals surface area contributed by atoms with Gasteiger partial charge in [-0.15, -0.1) is 0 Å². The summed E-state index contributed by atoms with van der Waals surface area (Å²) in [7, 11) is 0. The summed E-state index contributed by atoms with van der Waals surface area (Å²) in [6.07, 6.45) is 9.68. The number of hydrogen-bond acceptors (Lipinski definition) is 4. The van der Waals surface area contributed by atoms with Crippen LogP contribution in [0.2, 0.25) is 0 Å². The number of nitrogens with zero attached hydrogens (tertiary/aromatic N) is 4. The SMILES string of the molecule is O=C(c1cnccn1)N1CCC[C@@H](Cc2ccc3ncccc3c2)C1. The van der Waals surface area contributed by atoms with E-state index in [4.69, 9.17) is 0 Å². The molecule has 1 aromatic carbocycles. The third-order valence-electron chi connectivity index (χ3n) is 4.78. The number of amides is 1. The Morgan fingerprint density at radius 2 is 2.12 bits per heavy atom. The zero-order valence-corrected chi connectivity index (χ0v) is 14.0. The second-order valence-corrected chi connectivity index (χ2v) is 6.58. The summed E-state index contributed by atoms with van der Waals surface area (Å²) >= 11 is 0. The monoisotopic (exact) mass is 332 g/mol. The minimum Gasteiger partial charge on any atom is -0.337 e. The minimum atomic E-state index is -0.0134. The van der Waals surface area contributed by atoms with Gasteiger partial charge in [-0.05, 0) is 48.9 Å². The summed E-state index contributed by atoms with van der Waals surface area (Å²) in [6, 6.07) is 10.5. The smallest absolute Gasteiger partial charge is 0.274 e. The van der Waals surface area contributed by atoms with Gasteiger partial charge in [0.25, 0.3) is 5.91 Å². The third-order valence-corrected chi connectivity index (χ3v) is 4.78. The molecule has 4 rings (SSSR count). The minimum absolute atomic E-state index is 0.0134. The molecule has 1 saturated heterocycles. The molecule has 3 heterocycles. The molecule has 1 fully saturated rings. The van der Waals surface area contributed by atoms with Crippen LogP contribution in [0.3, 0.4) is 0 Å². The molecule has 0 spiro atoms. The van der Waals surface area contributed by atoms with E-state index in [1.54, 1.807) is 18.6 Å². The van der Waals surface area contributed by atoms with Crippen LogP contribution in [0.5, 0.6) is 0 Å². The molecule has 3 aromatic rings. The van der Waals surface area contributed by atoms with Crippen molar-refractivity contribution >= 4 is 16.8 Å². The van der Waals surface area contributed by atoms with E-state index in [0.717, 1.165) is 37.9 Å². The standard InChI is InChI=1S/C20H20N4O/c25-20(19-13-21-8-9-23-19)24-10-2-3-16(14-24)11-15-5-6-18-17(12-15)4-1-7-22-18/h1,4-9,12-13,16H,2-3,10-11,14H2/t16-/m0/s1. The maximum Gasteiger partial charge on any atom is 0.274 e. The first-order chi connectivity index (χ1) is 12.3. The van der Waals surface area contributed by atoms with Crippen LogP contribution in [0.25, 0.3) is 10.9 Å². The van der Waals surface area contributed by atoms with Crippen LogP contribution >= 0.6 is 0 Å². The first-order valence-corrected chi connectivity index (χ1v) is 8.68. The van der Waals surface area contributed by atoms with Gasteiger partial charge in [0, 0.05) is 37.1 Å². The molecule has 25 heavy (non-hydrogen) atoms. The predicted octanol–water partition coefficient (Wildman–Crippen LogP) is 3.12. The van der Waals surface area contributed by atoms with Crippen molar-refractivity contribution in [2.24, 2.45) is 5.92 Å². The fourth-order valence-electron chi connectivity index (χ4n) is 3.57. The van der Waals surface area contributed by atoms with Crippen LogP contribution < -0.4 is 0 Å². The van der Waals surface area contributed by atoms with Crippen molar-refractivity contribution in [2.75, 3.05) is 13.1 Å². The molecule has 126 valence electrons. The van der Waals surface area contributed by atoms with Gasteiger partial charge >= 0.3 is 0 Å². The number of fused-ring (bicyclic) bond motifs is 1. The molecule has 0 saturated carbocycles. The van der Waals surface area contributed by atoms with Crippen LogP contribution in [-0.4, -0.2) is 38.8 Å². The van der Waals surface area contributed by atoms with E-state index in [2.05, 4.69) is 39.2 Å². The number of likely N-dealkylation sites (tertiary alicyclic amines) is 1. The average molecular weight is 332 g/mol. The Kier molecular flexibility index (Phi) is 4.37. The van der Waals surface area contributed by atoms with E-state index < -0.39 is 0 Å². The van der Waals surface area contributed by atoms with Gasteiger partial charge < -0.3 is 4.90 Å². The summed E-state index contributed by atoms with van der Waals surface area (Å²) in [5.74, 6) is 0.462. The Hall–Kier alpha value is -2.82. The number of piperidine rings is 1. The van der Waals surface area contributed by atoms with Crippen LogP contribution in [0.4, 0.5) is 0 Å². The molecule has 1 atom stereocenters. The summed E-state index contributed by atoms with van der Waals surface area (Å²) in [5.41, 5.74) is 2.76. The van der Waals surface area contributed by atoms with Gasteiger partial charge in [-0.25, -0.2) is 4.98 Å². The highest BCUT2D eigenvalue weighted by molar-refractivity contribution is 5.92. The van der Waals surface area contributed by atoms with Crippen molar-refractivity contribution in [3.05, 3.63) is 66.4 Å². The zero-order valence-electron chi connectivity index (χ0n) is 14.0. The number of rotatable bonds is 3. The first-order valence-electron chi connectivity index (χ1n) is 8.68. The Morgan fingerprint density at radius 1 is 1.16 bits per heavy atom. The number of benzene rings is 1. The van der Waals surface area contributed by atoms with E-state index in [9.17, 15) is 4.79 Å². The van der Waals surface area contributed by atoms with Crippen molar-refractivity contribution < 1.29 is 4.79 Å². The van der Waals surface area contributed by atoms with E-state index >= 15 is 0 Å². The lowest BCUT2D eigenvalue weighted by atomic mass is 9.90. The number of hydrogen-bond donors (Lipinski definition) is 0. The first kappa shape index (κ1) is 15.7. The van der Waals surface area contributed by atoms with E-state index in [-0.39, 0.29) is 5.91 Å². The molecule has 1 aliphatic rings. The normalized spacial score (nSPS) is 17.6. The van der Waals surface area contributed by atoms with Crippen molar-refractivity contribution in [1.82, 2.24) is 19.9 Å². The lowest BCUT2D eigenvalue weighted by molar-refractivity contribution is 0.0667. The number of aromatic nitrogens is 3. The van der Waals surface area contributed by atoms with Crippen LogP contribution in [0.1, 0.15) is 28.9 Å². The molecule has 5 heteroatoms. The molecular weight excluding hydrogens is 312 g/mol. The second kappa shape index (κ2) is 6.97.